The Morgan fingerprint density at radius 3 is 2.79 bits per heavy atom. The van der Waals surface area contributed by atoms with Gasteiger partial charge in [-0.25, -0.2) is 0 Å². The van der Waals surface area contributed by atoms with E-state index in [-0.39, 0.29) is 5.60 Å². The Bertz CT molecular complexity index is 173. The number of rotatable bonds is 4. The van der Waals surface area contributed by atoms with Gasteiger partial charge in [-0.2, -0.15) is 0 Å². The maximum Gasteiger partial charge on any atom is 0.0634 e. The summed E-state index contributed by atoms with van der Waals surface area (Å²) in [7, 11) is 1.78. The van der Waals surface area contributed by atoms with Crippen molar-refractivity contribution in [3.05, 3.63) is 0 Å². The highest BCUT2D eigenvalue weighted by atomic mass is 35.5. The summed E-state index contributed by atoms with van der Waals surface area (Å²) in [5, 5.41) is 0.356. The van der Waals surface area contributed by atoms with Gasteiger partial charge in [0.05, 0.1) is 5.60 Å². The van der Waals surface area contributed by atoms with Crippen LogP contribution in [-0.4, -0.2) is 42.6 Å². The molecule has 3 heteroatoms. The van der Waals surface area contributed by atoms with Gasteiger partial charge in [-0.15, -0.1) is 11.6 Å². The minimum atomic E-state index is -0.000737. The van der Waals surface area contributed by atoms with E-state index in [1.165, 1.54) is 19.4 Å². The number of methoxy groups -OCH3 is 1. The Hall–Kier alpha value is 0.210. The molecule has 1 fully saturated rings. The van der Waals surface area contributed by atoms with Gasteiger partial charge in [0.2, 0.25) is 0 Å². The van der Waals surface area contributed by atoms with Crippen molar-refractivity contribution in [2.75, 3.05) is 26.7 Å². The lowest BCUT2D eigenvalue weighted by molar-refractivity contribution is 0.00625. The van der Waals surface area contributed by atoms with Crippen molar-refractivity contribution in [2.24, 2.45) is 0 Å². The highest BCUT2D eigenvalue weighted by Crippen LogP contribution is 2.18. The molecule has 0 aromatic rings. The molecule has 1 unspecified atom stereocenters. The molecular formula is C11H22ClNO. The number of hydrogen-bond donors (Lipinski definition) is 0. The topological polar surface area (TPSA) is 12.5 Å². The van der Waals surface area contributed by atoms with E-state index in [9.17, 15) is 0 Å². The zero-order valence-electron chi connectivity index (χ0n) is 9.55. The summed E-state index contributed by atoms with van der Waals surface area (Å²) >= 11 is 6.12. The van der Waals surface area contributed by atoms with Crippen molar-refractivity contribution in [2.45, 2.75) is 44.1 Å². The van der Waals surface area contributed by atoms with Gasteiger partial charge in [0, 0.05) is 25.6 Å². The first-order valence-corrected chi connectivity index (χ1v) is 5.89. The molecule has 1 aliphatic heterocycles. The third kappa shape index (κ3) is 4.16. The Kier molecular flexibility index (Phi) is 4.68. The van der Waals surface area contributed by atoms with E-state index in [1.54, 1.807) is 7.11 Å². The van der Waals surface area contributed by atoms with E-state index in [4.69, 9.17) is 16.3 Å². The van der Waals surface area contributed by atoms with Gasteiger partial charge in [-0.3, -0.25) is 0 Å². The van der Waals surface area contributed by atoms with Crippen LogP contribution < -0.4 is 0 Å². The van der Waals surface area contributed by atoms with Gasteiger partial charge in [0.1, 0.15) is 0 Å². The molecule has 84 valence electrons. The van der Waals surface area contributed by atoms with Crippen molar-refractivity contribution in [3.63, 3.8) is 0 Å². The van der Waals surface area contributed by atoms with Gasteiger partial charge < -0.3 is 9.64 Å². The first kappa shape index (κ1) is 12.3. The normalized spacial score (nSPS) is 25.3. The van der Waals surface area contributed by atoms with E-state index in [0.29, 0.717) is 5.38 Å². The molecule has 1 heterocycles. The lowest BCUT2D eigenvalue weighted by Crippen LogP contribution is -2.39. The molecule has 0 bridgehead atoms. The van der Waals surface area contributed by atoms with Crippen LogP contribution >= 0.6 is 11.6 Å². The van der Waals surface area contributed by atoms with E-state index >= 15 is 0 Å². The second-order valence-electron chi connectivity index (χ2n) is 4.75. The number of nitrogens with zero attached hydrogens (tertiary/aromatic N) is 1. The predicted octanol–water partition coefficient (Wildman–Crippen LogP) is 2.50. The molecule has 0 N–H and O–H groups in total. The predicted molar refractivity (Wildman–Crippen MR) is 61.0 cm³/mol. The number of piperidine rings is 1. The van der Waals surface area contributed by atoms with Gasteiger partial charge >= 0.3 is 0 Å². The number of halogens is 1. The standard InChI is InChI=1S/C11H22ClNO/c1-11(2,14-3)6-8-13-7-4-5-10(12)9-13/h10H,4-9H2,1-3H3. The number of likely N-dealkylation sites (tertiary alicyclic amines) is 1. The van der Waals surface area contributed by atoms with Gasteiger partial charge in [-0.05, 0) is 39.7 Å². The Labute approximate surface area is 92.6 Å². The summed E-state index contributed by atoms with van der Waals surface area (Å²) in [6.07, 6.45) is 3.49. The molecule has 1 saturated heterocycles. The van der Waals surface area contributed by atoms with Crippen molar-refractivity contribution >= 4 is 11.6 Å². The van der Waals surface area contributed by atoms with E-state index in [0.717, 1.165) is 19.5 Å². The minimum absolute atomic E-state index is 0.000737. The number of ether oxygens (including phenoxy) is 1. The summed E-state index contributed by atoms with van der Waals surface area (Å²) in [4.78, 5) is 2.45. The van der Waals surface area contributed by atoms with Crippen molar-refractivity contribution in [3.8, 4) is 0 Å². The van der Waals surface area contributed by atoms with Crippen LogP contribution in [0.1, 0.15) is 33.1 Å². The fourth-order valence-electron chi connectivity index (χ4n) is 1.73. The molecule has 1 atom stereocenters. The summed E-state index contributed by atoms with van der Waals surface area (Å²) in [6.45, 7) is 7.61. The quantitative estimate of drug-likeness (QED) is 0.674. The van der Waals surface area contributed by atoms with Crippen LogP contribution in [0.2, 0.25) is 0 Å². The number of alkyl halides is 1. The fraction of sp³-hybridized carbons (Fsp3) is 1.00. The molecule has 0 saturated carbocycles. The van der Waals surface area contributed by atoms with Crippen LogP contribution in [0, 0.1) is 0 Å². The van der Waals surface area contributed by atoms with Crippen LogP contribution in [0.25, 0.3) is 0 Å². The summed E-state index contributed by atoms with van der Waals surface area (Å²) < 4.78 is 5.40. The lowest BCUT2D eigenvalue weighted by Gasteiger charge is -2.32. The summed E-state index contributed by atoms with van der Waals surface area (Å²) in [5.41, 5.74) is -0.000737. The largest absolute Gasteiger partial charge is 0.379 e. The highest BCUT2D eigenvalue weighted by molar-refractivity contribution is 6.20. The summed E-state index contributed by atoms with van der Waals surface area (Å²) in [5.74, 6) is 0. The van der Waals surface area contributed by atoms with Gasteiger partial charge in [0.25, 0.3) is 0 Å². The molecule has 0 aliphatic carbocycles. The maximum absolute atomic E-state index is 6.12. The SMILES string of the molecule is COC(C)(C)CCN1CCCC(Cl)C1. The van der Waals surface area contributed by atoms with Gasteiger partial charge in [0.15, 0.2) is 0 Å². The Morgan fingerprint density at radius 2 is 2.21 bits per heavy atom. The monoisotopic (exact) mass is 219 g/mol. The van der Waals surface area contributed by atoms with E-state index in [1.807, 2.05) is 0 Å². The molecule has 0 radical (unpaired) electrons. The molecule has 0 spiro atoms. The molecule has 1 aliphatic rings. The van der Waals surface area contributed by atoms with Crippen molar-refractivity contribution in [1.82, 2.24) is 4.90 Å². The zero-order valence-corrected chi connectivity index (χ0v) is 10.3. The zero-order chi connectivity index (χ0) is 10.6. The molecule has 14 heavy (non-hydrogen) atoms. The molecular weight excluding hydrogens is 198 g/mol. The van der Waals surface area contributed by atoms with Crippen molar-refractivity contribution in [1.29, 1.82) is 0 Å². The average Bonchev–Trinajstić information content (AvgIpc) is 2.15. The average molecular weight is 220 g/mol. The molecule has 0 aromatic heterocycles. The molecule has 1 rings (SSSR count). The van der Waals surface area contributed by atoms with Crippen LogP contribution in [0.3, 0.4) is 0 Å². The van der Waals surface area contributed by atoms with Crippen molar-refractivity contribution < 1.29 is 4.74 Å². The highest BCUT2D eigenvalue weighted by Gasteiger charge is 2.21. The first-order valence-electron chi connectivity index (χ1n) is 5.45. The van der Waals surface area contributed by atoms with Crippen LogP contribution in [0.15, 0.2) is 0 Å². The van der Waals surface area contributed by atoms with Crippen LogP contribution in [0.4, 0.5) is 0 Å². The van der Waals surface area contributed by atoms with E-state index < -0.39 is 0 Å². The smallest absolute Gasteiger partial charge is 0.0634 e. The minimum Gasteiger partial charge on any atom is -0.379 e. The number of hydrogen-bond acceptors (Lipinski definition) is 2. The third-order valence-corrected chi connectivity index (χ3v) is 3.39. The van der Waals surface area contributed by atoms with Crippen LogP contribution in [0.5, 0.6) is 0 Å². The third-order valence-electron chi connectivity index (χ3n) is 3.03. The Morgan fingerprint density at radius 1 is 1.50 bits per heavy atom. The lowest BCUT2D eigenvalue weighted by atomic mass is 10.0. The van der Waals surface area contributed by atoms with E-state index in [2.05, 4.69) is 18.7 Å². The molecule has 0 amide bonds. The molecule has 2 nitrogen and oxygen atoms in total. The fourth-order valence-corrected chi connectivity index (χ4v) is 2.08. The second-order valence-corrected chi connectivity index (χ2v) is 5.37. The summed E-state index contributed by atoms with van der Waals surface area (Å²) in [6, 6.07) is 0. The first-order chi connectivity index (χ1) is 6.53. The maximum atomic E-state index is 6.12. The van der Waals surface area contributed by atoms with Gasteiger partial charge in [-0.1, -0.05) is 0 Å². The molecule has 0 aromatic carbocycles. The second kappa shape index (κ2) is 5.34. The van der Waals surface area contributed by atoms with Crippen LogP contribution in [-0.2, 0) is 4.74 Å². The Balaban J connectivity index is 2.23.